The summed E-state index contributed by atoms with van der Waals surface area (Å²) in [6.45, 7) is 8.31. The summed E-state index contributed by atoms with van der Waals surface area (Å²) in [5, 5.41) is 0. The van der Waals surface area contributed by atoms with Crippen molar-refractivity contribution in [1.82, 2.24) is 0 Å². The maximum absolute atomic E-state index is 14.5. The lowest BCUT2D eigenvalue weighted by Gasteiger charge is -2.05. The number of rotatable bonds is 8. The summed E-state index contributed by atoms with van der Waals surface area (Å²) in [5.41, 5.74) is 1.26. The summed E-state index contributed by atoms with van der Waals surface area (Å²) in [6, 6.07) is 14.3. The monoisotopic (exact) mass is 434 g/mol. The van der Waals surface area contributed by atoms with E-state index in [1.54, 1.807) is 43.3 Å². The Balaban J connectivity index is 1.67. The Hall–Kier alpha value is -4.39. The molecule has 0 saturated heterocycles. The van der Waals surface area contributed by atoms with Crippen LogP contribution in [0.5, 0.6) is 11.5 Å². The molecule has 1 heterocycles. The number of ether oxygens (including phenoxy) is 3. The molecule has 0 saturated carbocycles. The fourth-order valence-electron chi connectivity index (χ4n) is 2.55. The highest BCUT2D eigenvalue weighted by molar-refractivity contribution is 5.87. The van der Waals surface area contributed by atoms with Crippen molar-refractivity contribution in [1.29, 1.82) is 0 Å². The normalized spacial score (nSPS) is 10.6. The lowest BCUT2D eigenvalue weighted by Crippen LogP contribution is -2.03. The van der Waals surface area contributed by atoms with Crippen molar-refractivity contribution in [2.45, 2.75) is 6.92 Å². The molecule has 0 radical (unpaired) electrons. The van der Waals surface area contributed by atoms with E-state index < -0.39 is 17.8 Å². The molecular formula is C25H19FO6. The Kier molecular flexibility index (Phi) is 7.02. The van der Waals surface area contributed by atoms with E-state index in [4.69, 9.17) is 18.6 Å². The maximum atomic E-state index is 14.5. The zero-order chi connectivity index (χ0) is 23.1. The molecule has 0 N–H and O–H groups in total. The van der Waals surface area contributed by atoms with E-state index in [9.17, 15) is 14.0 Å². The van der Waals surface area contributed by atoms with Crippen LogP contribution in [0.1, 0.15) is 6.92 Å². The van der Waals surface area contributed by atoms with Crippen LogP contribution < -0.4 is 9.47 Å². The molecule has 0 aliphatic carbocycles. The van der Waals surface area contributed by atoms with Gasteiger partial charge in [-0.2, -0.15) is 0 Å². The van der Waals surface area contributed by atoms with Gasteiger partial charge in [-0.25, -0.2) is 14.0 Å². The van der Waals surface area contributed by atoms with Crippen LogP contribution in [0.2, 0.25) is 0 Å². The number of esters is 2. The van der Waals surface area contributed by atoms with Crippen molar-refractivity contribution in [3.05, 3.63) is 97.7 Å². The van der Waals surface area contributed by atoms with Crippen molar-refractivity contribution in [3.8, 4) is 34.1 Å². The van der Waals surface area contributed by atoms with Crippen molar-refractivity contribution >= 4 is 11.9 Å². The summed E-state index contributed by atoms with van der Waals surface area (Å²) in [7, 11) is 0. The summed E-state index contributed by atoms with van der Waals surface area (Å²) < 4.78 is 35.3. The maximum Gasteiger partial charge on any atom is 0.338 e. The number of halogens is 1. The van der Waals surface area contributed by atoms with E-state index in [0.717, 1.165) is 24.0 Å². The first kappa shape index (κ1) is 22.3. The fraction of sp³-hybridized carbons (Fsp3) is 0.0400. The molecule has 3 aromatic rings. The molecule has 162 valence electrons. The van der Waals surface area contributed by atoms with Gasteiger partial charge in [-0.3, -0.25) is 0 Å². The van der Waals surface area contributed by atoms with Gasteiger partial charge in [0.2, 0.25) is 0 Å². The van der Waals surface area contributed by atoms with Gasteiger partial charge >= 0.3 is 11.9 Å². The molecule has 0 unspecified atom stereocenters. The predicted octanol–water partition coefficient (Wildman–Crippen LogP) is 5.81. The zero-order valence-electron chi connectivity index (χ0n) is 17.2. The van der Waals surface area contributed by atoms with Gasteiger partial charge in [0.05, 0.1) is 5.56 Å². The molecule has 0 spiro atoms. The van der Waals surface area contributed by atoms with Gasteiger partial charge in [-0.15, -0.1) is 0 Å². The third kappa shape index (κ3) is 5.60. The van der Waals surface area contributed by atoms with Crippen LogP contribution >= 0.6 is 0 Å². The van der Waals surface area contributed by atoms with E-state index in [1.165, 1.54) is 18.4 Å². The highest BCUT2D eigenvalue weighted by Gasteiger charge is 2.13. The van der Waals surface area contributed by atoms with E-state index in [1.807, 2.05) is 0 Å². The van der Waals surface area contributed by atoms with Gasteiger partial charge in [0.15, 0.2) is 0 Å². The second kappa shape index (κ2) is 10.1. The number of carbonyl (C=O) groups is 2. The Morgan fingerprint density at radius 2 is 1.66 bits per heavy atom. The van der Waals surface area contributed by atoms with Crippen LogP contribution in [0.25, 0.3) is 22.6 Å². The summed E-state index contributed by atoms with van der Waals surface area (Å²) in [4.78, 5) is 22.5. The number of hydrogen-bond acceptors (Lipinski definition) is 6. The molecule has 0 atom stereocenters. The van der Waals surface area contributed by atoms with Crippen LogP contribution in [-0.2, 0) is 14.3 Å². The molecule has 7 heteroatoms. The van der Waals surface area contributed by atoms with E-state index in [2.05, 4.69) is 13.2 Å². The third-order valence-corrected chi connectivity index (χ3v) is 4.12. The second-order valence-electron chi connectivity index (χ2n) is 6.53. The van der Waals surface area contributed by atoms with Crippen molar-refractivity contribution in [3.63, 3.8) is 0 Å². The first-order valence-corrected chi connectivity index (χ1v) is 9.40. The quantitative estimate of drug-likeness (QED) is 0.193. The van der Waals surface area contributed by atoms with Crippen molar-refractivity contribution in [2.24, 2.45) is 0 Å². The molecule has 0 aliphatic rings. The van der Waals surface area contributed by atoms with Crippen LogP contribution in [0.4, 0.5) is 4.39 Å². The van der Waals surface area contributed by atoms with Gasteiger partial charge < -0.3 is 18.6 Å². The van der Waals surface area contributed by atoms with E-state index >= 15 is 0 Å². The summed E-state index contributed by atoms with van der Waals surface area (Å²) >= 11 is 0. The summed E-state index contributed by atoms with van der Waals surface area (Å²) in [5.74, 6) is -0.379. The Morgan fingerprint density at radius 1 is 0.969 bits per heavy atom. The smallest absolute Gasteiger partial charge is 0.338 e. The predicted molar refractivity (Wildman–Crippen MR) is 116 cm³/mol. The highest BCUT2D eigenvalue weighted by atomic mass is 19.1. The largest absolute Gasteiger partial charge is 0.462 e. The fourth-order valence-corrected chi connectivity index (χ4v) is 2.55. The average Bonchev–Trinajstić information content (AvgIpc) is 3.26. The Bertz CT molecular complexity index is 1190. The highest BCUT2D eigenvalue weighted by Crippen LogP contribution is 2.32. The van der Waals surface area contributed by atoms with Gasteiger partial charge in [0, 0.05) is 23.3 Å². The minimum Gasteiger partial charge on any atom is -0.462 e. The molecule has 0 aliphatic heterocycles. The molecular weight excluding hydrogens is 415 g/mol. The lowest BCUT2D eigenvalue weighted by atomic mass is 10.1. The minimum atomic E-state index is -0.673. The molecule has 0 bridgehead atoms. The Labute approximate surface area is 183 Å². The van der Waals surface area contributed by atoms with Crippen LogP contribution in [0, 0.1) is 5.82 Å². The molecule has 0 fully saturated rings. The molecule has 0 amide bonds. The minimum absolute atomic E-state index is 0.0713. The first-order valence-electron chi connectivity index (χ1n) is 9.40. The number of carbonyl (C=O) groups excluding carboxylic acids is 2. The van der Waals surface area contributed by atoms with Crippen LogP contribution in [0.3, 0.4) is 0 Å². The van der Waals surface area contributed by atoms with Gasteiger partial charge in [-0.1, -0.05) is 13.2 Å². The molecule has 32 heavy (non-hydrogen) atoms. The van der Waals surface area contributed by atoms with Gasteiger partial charge in [-0.05, 0) is 55.5 Å². The van der Waals surface area contributed by atoms with Crippen LogP contribution in [-0.4, -0.2) is 11.9 Å². The average molecular weight is 434 g/mol. The number of furan rings is 1. The van der Waals surface area contributed by atoms with Crippen molar-refractivity contribution in [2.75, 3.05) is 0 Å². The first-order chi connectivity index (χ1) is 15.4. The standard InChI is InChI=1S/C25H19FO6/c1-4-24(27)31-19-9-10-20(21(26)15-19)23-12-11-22(32-23)17-5-7-18(8-6-17)29-13-14-30-25(28)16(2)3/h4-15H,1-2H2,3H3. The molecule has 3 rings (SSSR count). The third-order valence-electron chi connectivity index (χ3n) is 4.12. The van der Waals surface area contributed by atoms with Gasteiger partial charge in [0.25, 0.3) is 0 Å². The molecule has 6 nitrogen and oxygen atoms in total. The van der Waals surface area contributed by atoms with Crippen molar-refractivity contribution < 1.29 is 32.6 Å². The zero-order valence-corrected chi connectivity index (χ0v) is 17.2. The topological polar surface area (TPSA) is 75.0 Å². The van der Waals surface area contributed by atoms with E-state index in [0.29, 0.717) is 17.3 Å². The SMILES string of the molecule is C=CC(=O)Oc1ccc(-c2ccc(-c3ccc(OC=COC(=O)C(=C)C)cc3)o2)c(F)c1. The van der Waals surface area contributed by atoms with Crippen LogP contribution in [0.15, 0.2) is 96.3 Å². The molecule has 2 aromatic carbocycles. The number of hydrogen-bond donors (Lipinski definition) is 0. The Morgan fingerprint density at radius 3 is 2.31 bits per heavy atom. The van der Waals surface area contributed by atoms with E-state index in [-0.39, 0.29) is 16.9 Å². The lowest BCUT2D eigenvalue weighted by molar-refractivity contribution is -0.133. The summed E-state index contributed by atoms with van der Waals surface area (Å²) in [6.07, 6.45) is 3.36. The second-order valence-corrected chi connectivity index (χ2v) is 6.53. The number of benzene rings is 2. The van der Waals surface area contributed by atoms with Gasteiger partial charge in [0.1, 0.15) is 41.4 Å². The molecule has 1 aromatic heterocycles.